The van der Waals surface area contributed by atoms with Gasteiger partial charge >= 0.3 is 0 Å². The topological polar surface area (TPSA) is 83.8 Å². The number of rotatable bonds is 7. The Morgan fingerprint density at radius 2 is 1.53 bits per heavy atom. The molecular weight excluding hydrogens is 543 g/mol. The van der Waals surface area contributed by atoms with Crippen LogP contribution in [0.4, 0.5) is 5.69 Å². The zero-order valence-electron chi connectivity index (χ0n) is 21.2. The lowest BCUT2D eigenvalue weighted by Gasteiger charge is -2.19. The van der Waals surface area contributed by atoms with Crippen molar-refractivity contribution in [3.8, 4) is 5.69 Å². The van der Waals surface area contributed by atoms with E-state index in [4.69, 9.17) is 23.2 Å². The first-order valence-corrected chi connectivity index (χ1v) is 13.8. The number of sulfonamides is 1. The Morgan fingerprint density at radius 3 is 2.13 bits per heavy atom. The fourth-order valence-corrected chi connectivity index (χ4v) is 5.75. The molecule has 4 aromatic rings. The van der Waals surface area contributed by atoms with Crippen LogP contribution in [0.1, 0.15) is 32.9 Å². The van der Waals surface area contributed by atoms with Crippen LogP contribution in [-0.4, -0.2) is 32.2 Å². The van der Waals surface area contributed by atoms with Crippen LogP contribution < -0.4 is 9.73 Å². The first kappa shape index (κ1) is 27.4. The predicted octanol–water partition coefficient (Wildman–Crippen LogP) is 6.30. The van der Waals surface area contributed by atoms with E-state index in [9.17, 15) is 13.2 Å². The summed E-state index contributed by atoms with van der Waals surface area (Å²) in [5.74, 6) is -0.424. The van der Waals surface area contributed by atoms with Gasteiger partial charge in [0.15, 0.2) is 0 Å². The van der Waals surface area contributed by atoms with E-state index in [2.05, 4.69) is 10.5 Å². The zero-order valence-corrected chi connectivity index (χ0v) is 23.6. The first-order valence-electron chi connectivity index (χ1n) is 11.6. The average Bonchev–Trinajstić information content (AvgIpc) is 3.15. The van der Waals surface area contributed by atoms with Crippen molar-refractivity contribution < 1.29 is 13.2 Å². The fourth-order valence-electron chi connectivity index (χ4n) is 4.04. The van der Waals surface area contributed by atoms with E-state index in [0.29, 0.717) is 21.3 Å². The van der Waals surface area contributed by atoms with Gasteiger partial charge in [0.1, 0.15) is 0 Å². The van der Waals surface area contributed by atoms with Crippen LogP contribution in [0.3, 0.4) is 0 Å². The van der Waals surface area contributed by atoms with Gasteiger partial charge in [0.2, 0.25) is 0 Å². The molecule has 1 N–H and O–H groups in total. The SMILES string of the molecule is Cc1ccc(S(=O)(=O)N(C)c2ccc(C(=O)N/N=C\c3cc(C)n(-c4cc(Cl)cc(Cl)c4)c3C)cc2)cc1. The number of aromatic nitrogens is 1. The van der Waals surface area contributed by atoms with Gasteiger partial charge in [0.25, 0.3) is 15.9 Å². The Labute approximate surface area is 232 Å². The molecule has 0 spiro atoms. The van der Waals surface area contributed by atoms with Crippen LogP contribution in [0.15, 0.2) is 82.8 Å². The molecule has 1 aromatic heterocycles. The summed E-state index contributed by atoms with van der Waals surface area (Å²) in [6.07, 6.45) is 1.57. The third kappa shape index (κ3) is 5.78. The quantitative estimate of drug-likeness (QED) is 0.210. The number of anilines is 1. The summed E-state index contributed by atoms with van der Waals surface area (Å²) in [7, 11) is -2.25. The van der Waals surface area contributed by atoms with Gasteiger partial charge in [-0.15, -0.1) is 0 Å². The van der Waals surface area contributed by atoms with E-state index in [1.807, 2.05) is 43.5 Å². The highest BCUT2D eigenvalue weighted by Crippen LogP contribution is 2.26. The number of carbonyl (C=O) groups excluding carboxylic acids is 1. The minimum absolute atomic E-state index is 0.194. The van der Waals surface area contributed by atoms with E-state index >= 15 is 0 Å². The molecule has 0 aliphatic heterocycles. The first-order chi connectivity index (χ1) is 18.0. The molecule has 0 aliphatic carbocycles. The Balaban J connectivity index is 1.46. The second kappa shape index (κ2) is 11.0. The van der Waals surface area contributed by atoms with Gasteiger partial charge in [-0.2, -0.15) is 5.10 Å². The lowest BCUT2D eigenvalue weighted by Crippen LogP contribution is -2.26. The second-order valence-corrected chi connectivity index (χ2v) is 11.7. The Morgan fingerprint density at radius 1 is 0.921 bits per heavy atom. The van der Waals surface area contributed by atoms with Crippen molar-refractivity contribution in [2.45, 2.75) is 25.7 Å². The Hall–Kier alpha value is -3.59. The summed E-state index contributed by atoms with van der Waals surface area (Å²) < 4.78 is 29.0. The average molecular weight is 570 g/mol. The smallest absolute Gasteiger partial charge is 0.271 e. The molecule has 0 saturated carbocycles. The number of benzene rings is 3. The summed E-state index contributed by atoms with van der Waals surface area (Å²) in [5, 5.41) is 5.18. The number of amides is 1. The molecule has 0 aliphatic rings. The Kier molecular flexibility index (Phi) is 7.97. The van der Waals surface area contributed by atoms with Crippen LogP contribution >= 0.6 is 23.2 Å². The summed E-state index contributed by atoms with van der Waals surface area (Å²) >= 11 is 12.3. The number of hydrazone groups is 1. The van der Waals surface area contributed by atoms with Crippen molar-refractivity contribution in [3.05, 3.63) is 111 Å². The van der Waals surface area contributed by atoms with Crippen LogP contribution in [0.2, 0.25) is 10.0 Å². The lowest BCUT2D eigenvalue weighted by atomic mass is 10.2. The fraction of sp³-hybridized carbons (Fsp3) is 0.143. The molecule has 0 unspecified atom stereocenters. The third-order valence-electron chi connectivity index (χ3n) is 6.12. The van der Waals surface area contributed by atoms with Crippen molar-refractivity contribution in [3.63, 3.8) is 0 Å². The molecule has 0 saturated heterocycles. The molecule has 0 atom stereocenters. The number of hydrogen-bond acceptors (Lipinski definition) is 4. The maximum atomic E-state index is 12.9. The van der Waals surface area contributed by atoms with Crippen molar-refractivity contribution in [2.24, 2.45) is 5.10 Å². The summed E-state index contributed by atoms with van der Waals surface area (Å²) in [6.45, 7) is 5.78. The second-order valence-electron chi connectivity index (χ2n) is 8.82. The summed E-state index contributed by atoms with van der Waals surface area (Å²) in [5.41, 5.74) is 7.76. The summed E-state index contributed by atoms with van der Waals surface area (Å²) in [6, 6.07) is 20.2. The number of nitrogens with one attached hydrogen (secondary N) is 1. The van der Waals surface area contributed by atoms with Crippen LogP contribution in [0.25, 0.3) is 5.69 Å². The number of aryl methyl sites for hydroxylation is 2. The van der Waals surface area contributed by atoms with Gasteiger partial charge in [-0.3, -0.25) is 9.10 Å². The molecule has 0 bridgehead atoms. The molecule has 0 radical (unpaired) electrons. The van der Waals surface area contributed by atoms with Crippen molar-refractivity contribution in [1.29, 1.82) is 0 Å². The van der Waals surface area contributed by atoms with Crippen LogP contribution in [0.5, 0.6) is 0 Å². The van der Waals surface area contributed by atoms with Crippen molar-refractivity contribution >= 4 is 51.0 Å². The molecule has 196 valence electrons. The minimum Gasteiger partial charge on any atom is -0.318 e. The highest BCUT2D eigenvalue weighted by Gasteiger charge is 2.21. The van der Waals surface area contributed by atoms with Gasteiger partial charge in [-0.1, -0.05) is 40.9 Å². The molecule has 10 heteroatoms. The van der Waals surface area contributed by atoms with E-state index in [-0.39, 0.29) is 4.90 Å². The molecule has 1 amide bonds. The molecule has 1 heterocycles. The van der Waals surface area contributed by atoms with Gasteiger partial charge in [-0.05, 0) is 81.4 Å². The van der Waals surface area contributed by atoms with E-state index in [1.54, 1.807) is 60.8 Å². The highest BCUT2D eigenvalue weighted by molar-refractivity contribution is 7.92. The van der Waals surface area contributed by atoms with E-state index < -0.39 is 15.9 Å². The largest absolute Gasteiger partial charge is 0.318 e. The standard InChI is InChI=1S/C28H26Cl2N4O3S/c1-18-5-11-27(12-6-18)38(36,37)33(4)25-9-7-21(8-10-25)28(35)32-31-17-22-13-19(2)34(20(22)3)26-15-23(29)14-24(30)16-26/h5-17H,1-4H3,(H,32,35)/b31-17-. The number of carbonyl (C=O) groups is 1. The molecular formula is C28H26Cl2N4O3S. The maximum Gasteiger partial charge on any atom is 0.271 e. The third-order valence-corrected chi connectivity index (χ3v) is 8.35. The van der Waals surface area contributed by atoms with E-state index in [0.717, 1.165) is 28.2 Å². The zero-order chi connectivity index (χ0) is 27.6. The molecule has 4 rings (SSSR count). The number of halogens is 2. The van der Waals surface area contributed by atoms with E-state index in [1.165, 1.54) is 11.4 Å². The van der Waals surface area contributed by atoms with Crippen LogP contribution in [0, 0.1) is 20.8 Å². The molecule has 38 heavy (non-hydrogen) atoms. The Bertz CT molecular complexity index is 1610. The molecule has 3 aromatic carbocycles. The van der Waals surface area contributed by atoms with Gasteiger partial charge in [-0.25, -0.2) is 13.8 Å². The van der Waals surface area contributed by atoms with Gasteiger partial charge < -0.3 is 4.57 Å². The monoisotopic (exact) mass is 568 g/mol. The van der Waals surface area contributed by atoms with Crippen LogP contribution in [-0.2, 0) is 10.0 Å². The number of hydrogen-bond donors (Lipinski definition) is 1. The normalized spacial score (nSPS) is 11.6. The molecule has 0 fully saturated rings. The van der Waals surface area contributed by atoms with Gasteiger partial charge in [0.05, 0.1) is 16.8 Å². The highest BCUT2D eigenvalue weighted by atomic mass is 35.5. The maximum absolute atomic E-state index is 12.9. The van der Waals surface area contributed by atoms with Gasteiger partial charge in [0, 0.05) is 45.3 Å². The summed E-state index contributed by atoms with van der Waals surface area (Å²) in [4.78, 5) is 12.8. The number of nitrogens with zero attached hydrogens (tertiary/aromatic N) is 3. The lowest BCUT2D eigenvalue weighted by molar-refractivity contribution is 0.0955. The molecule has 7 nitrogen and oxygen atoms in total. The predicted molar refractivity (Wildman–Crippen MR) is 154 cm³/mol. The van der Waals surface area contributed by atoms with Crippen molar-refractivity contribution in [2.75, 3.05) is 11.4 Å². The van der Waals surface area contributed by atoms with Crippen molar-refractivity contribution in [1.82, 2.24) is 9.99 Å². The minimum atomic E-state index is -3.72.